The third kappa shape index (κ3) is 5.94. The SMILES string of the molecule is CN=C(NCCCN1CCCC1)NCc1cccc(Cl)c1. The number of halogens is 1. The Morgan fingerprint density at radius 1 is 1.29 bits per heavy atom. The summed E-state index contributed by atoms with van der Waals surface area (Å²) >= 11 is 5.98. The first-order valence-corrected chi connectivity index (χ1v) is 8.07. The van der Waals surface area contributed by atoms with Gasteiger partial charge in [-0.3, -0.25) is 4.99 Å². The van der Waals surface area contributed by atoms with Crippen LogP contribution in [-0.4, -0.2) is 44.1 Å². The maximum Gasteiger partial charge on any atom is 0.191 e. The van der Waals surface area contributed by atoms with E-state index >= 15 is 0 Å². The lowest BCUT2D eigenvalue weighted by Gasteiger charge is -2.16. The molecule has 1 aliphatic heterocycles. The lowest BCUT2D eigenvalue weighted by Crippen LogP contribution is -2.38. The monoisotopic (exact) mass is 308 g/mol. The van der Waals surface area contributed by atoms with Gasteiger partial charge in [0.05, 0.1) is 0 Å². The van der Waals surface area contributed by atoms with Crippen molar-refractivity contribution in [2.75, 3.05) is 33.2 Å². The molecule has 4 nitrogen and oxygen atoms in total. The van der Waals surface area contributed by atoms with Gasteiger partial charge in [-0.15, -0.1) is 0 Å². The van der Waals surface area contributed by atoms with E-state index < -0.39 is 0 Å². The maximum absolute atomic E-state index is 5.98. The highest BCUT2D eigenvalue weighted by Crippen LogP contribution is 2.10. The summed E-state index contributed by atoms with van der Waals surface area (Å²) in [4.78, 5) is 6.77. The smallest absolute Gasteiger partial charge is 0.191 e. The van der Waals surface area contributed by atoms with Crippen LogP contribution < -0.4 is 10.6 Å². The zero-order valence-electron chi connectivity index (χ0n) is 12.7. The van der Waals surface area contributed by atoms with Gasteiger partial charge in [0.2, 0.25) is 0 Å². The highest BCUT2D eigenvalue weighted by molar-refractivity contribution is 6.30. The first-order chi connectivity index (χ1) is 10.3. The lowest BCUT2D eigenvalue weighted by atomic mass is 10.2. The first-order valence-electron chi connectivity index (χ1n) is 7.69. The Bertz CT molecular complexity index is 455. The van der Waals surface area contributed by atoms with E-state index in [0.717, 1.165) is 36.1 Å². The molecular formula is C16H25ClN4. The number of guanidine groups is 1. The summed E-state index contributed by atoms with van der Waals surface area (Å²) < 4.78 is 0. The summed E-state index contributed by atoms with van der Waals surface area (Å²) in [5.74, 6) is 0.844. The van der Waals surface area contributed by atoms with Crippen LogP contribution >= 0.6 is 11.6 Å². The molecule has 2 N–H and O–H groups in total. The Labute approximate surface area is 132 Å². The van der Waals surface area contributed by atoms with Crippen molar-refractivity contribution in [3.8, 4) is 0 Å². The van der Waals surface area contributed by atoms with Crippen LogP contribution in [0.4, 0.5) is 0 Å². The molecular weight excluding hydrogens is 284 g/mol. The largest absolute Gasteiger partial charge is 0.356 e. The molecule has 21 heavy (non-hydrogen) atoms. The van der Waals surface area contributed by atoms with Crippen LogP contribution in [-0.2, 0) is 6.54 Å². The minimum Gasteiger partial charge on any atom is -0.356 e. The van der Waals surface area contributed by atoms with Crippen LogP contribution in [0.2, 0.25) is 5.02 Å². The number of nitrogens with one attached hydrogen (secondary N) is 2. The molecule has 0 spiro atoms. The van der Waals surface area contributed by atoms with Crippen molar-refractivity contribution in [1.82, 2.24) is 15.5 Å². The highest BCUT2D eigenvalue weighted by atomic mass is 35.5. The molecule has 1 aliphatic rings. The van der Waals surface area contributed by atoms with E-state index in [2.05, 4.69) is 26.6 Å². The second-order valence-electron chi connectivity index (χ2n) is 5.38. The fourth-order valence-corrected chi connectivity index (χ4v) is 2.78. The van der Waals surface area contributed by atoms with E-state index in [9.17, 15) is 0 Å². The standard InChI is InChI=1S/C16H25ClN4/c1-18-16(19-8-5-11-21-9-2-3-10-21)20-13-14-6-4-7-15(17)12-14/h4,6-7,12H,2-3,5,8-11,13H2,1H3,(H2,18,19,20). The van der Waals surface area contributed by atoms with E-state index in [0.29, 0.717) is 0 Å². The summed E-state index contributed by atoms with van der Waals surface area (Å²) in [6.45, 7) is 5.39. The van der Waals surface area contributed by atoms with Crippen LogP contribution in [0.5, 0.6) is 0 Å². The second kappa shape index (κ2) is 8.90. The van der Waals surface area contributed by atoms with Crippen molar-refractivity contribution >= 4 is 17.6 Å². The zero-order chi connectivity index (χ0) is 14.9. The number of hydrogen-bond donors (Lipinski definition) is 2. The predicted octanol–water partition coefficient (Wildman–Crippen LogP) is 2.49. The van der Waals surface area contributed by atoms with E-state index in [1.54, 1.807) is 7.05 Å². The summed E-state index contributed by atoms with van der Waals surface area (Å²) in [5, 5.41) is 7.43. The molecule has 0 radical (unpaired) electrons. The summed E-state index contributed by atoms with van der Waals surface area (Å²) in [7, 11) is 1.80. The Balaban J connectivity index is 1.63. The molecule has 0 saturated carbocycles. The molecule has 0 bridgehead atoms. The van der Waals surface area contributed by atoms with Gasteiger partial charge in [0.25, 0.3) is 0 Å². The maximum atomic E-state index is 5.98. The molecule has 0 amide bonds. The van der Waals surface area contributed by atoms with Gasteiger partial charge in [-0.1, -0.05) is 23.7 Å². The first kappa shape index (κ1) is 16.1. The normalized spacial score (nSPS) is 16.2. The molecule has 0 atom stereocenters. The number of benzene rings is 1. The molecule has 0 unspecified atom stereocenters. The van der Waals surface area contributed by atoms with Gasteiger partial charge in [0.1, 0.15) is 0 Å². The molecule has 2 rings (SSSR count). The van der Waals surface area contributed by atoms with Gasteiger partial charge in [-0.05, 0) is 56.6 Å². The van der Waals surface area contributed by atoms with Gasteiger partial charge in [-0.25, -0.2) is 0 Å². The molecule has 1 heterocycles. The van der Waals surface area contributed by atoms with E-state index in [4.69, 9.17) is 11.6 Å². The van der Waals surface area contributed by atoms with Crippen molar-refractivity contribution in [2.45, 2.75) is 25.8 Å². The van der Waals surface area contributed by atoms with E-state index in [1.807, 2.05) is 18.2 Å². The van der Waals surface area contributed by atoms with Gasteiger partial charge in [-0.2, -0.15) is 0 Å². The van der Waals surface area contributed by atoms with Crippen molar-refractivity contribution in [3.05, 3.63) is 34.9 Å². The molecule has 1 fully saturated rings. The summed E-state index contributed by atoms with van der Waals surface area (Å²) in [5.41, 5.74) is 1.16. The van der Waals surface area contributed by atoms with Crippen LogP contribution in [0.3, 0.4) is 0 Å². The van der Waals surface area contributed by atoms with E-state index in [1.165, 1.54) is 32.5 Å². The topological polar surface area (TPSA) is 39.7 Å². The van der Waals surface area contributed by atoms with Crippen LogP contribution in [0, 0.1) is 0 Å². The zero-order valence-corrected chi connectivity index (χ0v) is 13.5. The van der Waals surface area contributed by atoms with Crippen molar-refractivity contribution in [1.29, 1.82) is 0 Å². The second-order valence-corrected chi connectivity index (χ2v) is 5.82. The average Bonchev–Trinajstić information content (AvgIpc) is 3.00. The predicted molar refractivity (Wildman–Crippen MR) is 89.9 cm³/mol. The Morgan fingerprint density at radius 3 is 2.81 bits per heavy atom. The van der Waals surface area contributed by atoms with Gasteiger partial charge < -0.3 is 15.5 Å². The molecule has 5 heteroatoms. The van der Waals surface area contributed by atoms with Crippen LogP contribution in [0.15, 0.2) is 29.3 Å². The molecule has 0 aromatic heterocycles. The fraction of sp³-hybridized carbons (Fsp3) is 0.562. The third-order valence-corrected chi connectivity index (χ3v) is 3.95. The van der Waals surface area contributed by atoms with Crippen LogP contribution in [0.1, 0.15) is 24.8 Å². The van der Waals surface area contributed by atoms with Crippen molar-refractivity contribution in [2.24, 2.45) is 4.99 Å². The van der Waals surface area contributed by atoms with E-state index in [-0.39, 0.29) is 0 Å². The Kier molecular flexibility index (Phi) is 6.83. The summed E-state index contributed by atoms with van der Waals surface area (Å²) in [6, 6.07) is 7.87. The number of likely N-dealkylation sites (tertiary alicyclic amines) is 1. The quantitative estimate of drug-likeness (QED) is 0.482. The average molecular weight is 309 g/mol. The van der Waals surface area contributed by atoms with Gasteiger partial charge >= 0.3 is 0 Å². The van der Waals surface area contributed by atoms with Crippen LogP contribution in [0.25, 0.3) is 0 Å². The Hall–Kier alpha value is -1.26. The molecule has 1 aromatic rings. The van der Waals surface area contributed by atoms with Crippen molar-refractivity contribution < 1.29 is 0 Å². The molecule has 1 saturated heterocycles. The minimum absolute atomic E-state index is 0.729. The Morgan fingerprint density at radius 2 is 2.10 bits per heavy atom. The number of nitrogens with zero attached hydrogens (tertiary/aromatic N) is 2. The molecule has 1 aromatic carbocycles. The lowest BCUT2D eigenvalue weighted by molar-refractivity contribution is 0.334. The molecule has 116 valence electrons. The highest BCUT2D eigenvalue weighted by Gasteiger charge is 2.10. The number of aliphatic imine (C=N–C) groups is 1. The van der Waals surface area contributed by atoms with Gasteiger partial charge in [0, 0.05) is 25.2 Å². The third-order valence-electron chi connectivity index (χ3n) is 3.71. The fourth-order valence-electron chi connectivity index (χ4n) is 2.57. The minimum atomic E-state index is 0.729. The number of hydrogen-bond acceptors (Lipinski definition) is 2. The van der Waals surface area contributed by atoms with Crippen molar-refractivity contribution in [3.63, 3.8) is 0 Å². The van der Waals surface area contributed by atoms with Gasteiger partial charge in [0.15, 0.2) is 5.96 Å². The number of rotatable bonds is 6. The summed E-state index contributed by atoms with van der Waals surface area (Å²) in [6.07, 6.45) is 3.87. The molecule has 0 aliphatic carbocycles.